The Bertz CT molecular complexity index is 1250. The van der Waals surface area contributed by atoms with Gasteiger partial charge in [-0.3, -0.25) is 0 Å². The number of carboxylic acids is 1. The minimum Gasteiger partial charge on any atom is -0.496 e. The van der Waals surface area contributed by atoms with Gasteiger partial charge in [-0.15, -0.1) is 0 Å². The molecule has 236 valence electrons. The Morgan fingerprint density at radius 1 is 1.07 bits per heavy atom. The number of aliphatic carboxylic acids is 1. The number of rotatable bonds is 3. The van der Waals surface area contributed by atoms with Crippen LogP contribution < -0.4 is 4.74 Å². The highest BCUT2D eigenvalue weighted by atomic mass is 16.7. The third-order valence-electron chi connectivity index (χ3n) is 12.8. The molecule has 2 N–H and O–H groups in total. The number of fused-ring (bicyclic) bond motifs is 7. The first-order valence-corrected chi connectivity index (χ1v) is 16.7. The zero-order chi connectivity index (χ0) is 30.6. The Kier molecular flexibility index (Phi) is 8.36. The number of hydrogen-bond donors (Lipinski definition) is 2. The molecule has 7 rings (SSSR count). The Morgan fingerprint density at radius 2 is 1.86 bits per heavy atom. The van der Waals surface area contributed by atoms with Crippen molar-refractivity contribution in [3.05, 3.63) is 47.6 Å². The van der Waals surface area contributed by atoms with Gasteiger partial charge in [-0.2, -0.15) is 0 Å². The Labute approximate surface area is 257 Å². The lowest BCUT2D eigenvalue weighted by atomic mass is 9.48. The van der Waals surface area contributed by atoms with E-state index >= 15 is 0 Å². The van der Waals surface area contributed by atoms with Crippen LogP contribution >= 0.6 is 0 Å². The van der Waals surface area contributed by atoms with Crippen molar-refractivity contribution in [1.82, 2.24) is 0 Å². The summed E-state index contributed by atoms with van der Waals surface area (Å²) in [5.41, 5.74) is 3.22. The number of benzene rings is 1. The lowest BCUT2D eigenvalue weighted by Gasteiger charge is -2.57. The summed E-state index contributed by atoms with van der Waals surface area (Å²) in [5, 5.41) is 18.7. The summed E-state index contributed by atoms with van der Waals surface area (Å²) in [6.45, 7) is 10.7. The van der Waals surface area contributed by atoms with E-state index in [2.05, 4.69) is 33.8 Å². The van der Waals surface area contributed by atoms with Crippen LogP contribution in [0, 0.1) is 46.3 Å². The van der Waals surface area contributed by atoms with E-state index in [-0.39, 0.29) is 11.9 Å². The van der Waals surface area contributed by atoms with Gasteiger partial charge in [0.2, 0.25) is 0 Å². The zero-order valence-electron chi connectivity index (χ0n) is 26.8. The molecular formula is C37H52O6. The second-order valence-electron chi connectivity index (χ2n) is 15.1. The van der Waals surface area contributed by atoms with Crippen LogP contribution in [0.25, 0.3) is 6.08 Å². The third kappa shape index (κ3) is 5.29. The van der Waals surface area contributed by atoms with Crippen LogP contribution in [-0.4, -0.2) is 47.9 Å². The molecule has 1 spiro atoms. The molecule has 3 saturated carbocycles. The lowest BCUT2D eigenvalue weighted by Crippen LogP contribution is -2.50. The van der Waals surface area contributed by atoms with E-state index in [1.54, 1.807) is 24.8 Å². The first-order valence-electron chi connectivity index (χ1n) is 16.7. The van der Waals surface area contributed by atoms with E-state index in [1.165, 1.54) is 44.6 Å². The van der Waals surface area contributed by atoms with Gasteiger partial charge >= 0.3 is 5.97 Å². The quantitative estimate of drug-likeness (QED) is 0.279. The molecule has 2 saturated heterocycles. The van der Waals surface area contributed by atoms with Crippen molar-refractivity contribution in [2.24, 2.45) is 46.3 Å². The van der Waals surface area contributed by atoms with Crippen molar-refractivity contribution in [2.75, 3.05) is 13.7 Å². The van der Waals surface area contributed by atoms with Gasteiger partial charge in [-0.1, -0.05) is 57.5 Å². The molecule has 6 nitrogen and oxygen atoms in total. The smallest absolute Gasteiger partial charge is 0.328 e. The van der Waals surface area contributed by atoms with Crippen molar-refractivity contribution in [1.29, 1.82) is 0 Å². The first-order chi connectivity index (χ1) is 20.5. The van der Waals surface area contributed by atoms with E-state index in [9.17, 15) is 9.90 Å². The van der Waals surface area contributed by atoms with Crippen molar-refractivity contribution in [3.63, 3.8) is 0 Å². The summed E-state index contributed by atoms with van der Waals surface area (Å²) in [6, 6.07) is 7.22. The summed E-state index contributed by atoms with van der Waals surface area (Å²) in [4.78, 5) is 10.2. The fourth-order valence-electron chi connectivity index (χ4n) is 10.5. The second-order valence-corrected chi connectivity index (χ2v) is 15.1. The van der Waals surface area contributed by atoms with Gasteiger partial charge in [0.25, 0.3) is 0 Å². The second kappa shape index (κ2) is 11.7. The minimum atomic E-state index is -0.967. The van der Waals surface area contributed by atoms with Crippen LogP contribution in [0.3, 0.4) is 0 Å². The molecule has 0 amide bonds. The molecule has 6 aliphatic rings. The average molecular weight is 593 g/mol. The van der Waals surface area contributed by atoms with E-state index in [1.807, 2.05) is 12.1 Å². The number of ether oxygens (including phenoxy) is 3. The van der Waals surface area contributed by atoms with Crippen LogP contribution in [0.2, 0.25) is 0 Å². The summed E-state index contributed by atoms with van der Waals surface area (Å²) in [7, 11) is 1.55. The van der Waals surface area contributed by atoms with E-state index in [0.29, 0.717) is 46.4 Å². The largest absolute Gasteiger partial charge is 0.496 e. The Hall–Kier alpha value is -2.15. The maximum absolute atomic E-state index is 10.3. The normalized spacial score (nSPS) is 44.8. The highest BCUT2D eigenvalue weighted by Gasteiger charge is 2.67. The molecular weight excluding hydrogens is 540 g/mol. The number of carboxylic acid groups (broad SMARTS) is 1. The molecule has 1 aromatic rings. The number of carbonyl (C=O) groups is 1. The van der Waals surface area contributed by atoms with Crippen LogP contribution in [0.4, 0.5) is 0 Å². The molecule has 0 radical (unpaired) electrons. The molecule has 2 heterocycles. The molecule has 2 aliphatic heterocycles. The number of aliphatic hydroxyl groups is 1. The molecule has 43 heavy (non-hydrogen) atoms. The minimum absolute atomic E-state index is 0.0661. The van der Waals surface area contributed by atoms with E-state index < -0.39 is 5.97 Å². The predicted molar refractivity (Wildman–Crippen MR) is 167 cm³/mol. The fourth-order valence-corrected chi connectivity index (χ4v) is 10.5. The SMILES string of the molecule is CC1CCC2(OC1)OC1CC3C4CCC5CC(O)CCC5(C)C4=CCC3(C)C1C2C.COc1ccccc1C=CC(=O)O. The van der Waals surface area contributed by atoms with Gasteiger partial charge in [0.05, 0.1) is 25.9 Å². The number of methoxy groups -OCH3 is 1. The number of hydrogen-bond acceptors (Lipinski definition) is 5. The molecule has 4 aliphatic carbocycles. The highest BCUT2D eigenvalue weighted by Crippen LogP contribution is 2.69. The van der Waals surface area contributed by atoms with Gasteiger partial charge in [0, 0.05) is 24.0 Å². The van der Waals surface area contributed by atoms with E-state index in [4.69, 9.17) is 19.3 Å². The fraction of sp³-hybridized carbons (Fsp3) is 0.703. The number of allylic oxidation sites excluding steroid dienone is 2. The van der Waals surface area contributed by atoms with Crippen molar-refractivity contribution in [2.45, 2.75) is 103 Å². The summed E-state index contributed by atoms with van der Waals surface area (Å²) in [5.74, 6) is 3.38. The standard InChI is InChI=1S/C27H42O3.C10H10O3/c1-16-7-12-27(29-15-16)17(2)24-23(30-27)14-22-20-6-5-18-13-19(28)8-10-25(18,3)21(20)9-11-26(22,24)4;1-13-9-5-3-2-4-8(9)6-7-10(11)12/h9,16-20,22-24,28H,5-8,10-15H2,1-4H3;2-7H,1H3,(H,11,12). The molecule has 0 bridgehead atoms. The Balaban J connectivity index is 0.000000214. The first kappa shape index (κ1) is 30.9. The van der Waals surface area contributed by atoms with Gasteiger partial charge in [0.15, 0.2) is 5.79 Å². The maximum atomic E-state index is 10.3. The zero-order valence-corrected chi connectivity index (χ0v) is 26.8. The lowest BCUT2D eigenvalue weighted by molar-refractivity contribution is -0.272. The van der Waals surface area contributed by atoms with Crippen molar-refractivity contribution >= 4 is 12.0 Å². The topological polar surface area (TPSA) is 85.2 Å². The highest BCUT2D eigenvalue weighted by molar-refractivity contribution is 5.85. The third-order valence-corrected chi connectivity index (χ3v) is 12.8. The van der Waals surface area contributed by atoms with Crippen molar-refractivity contribution < 1.29 is 29.2 Å². The molecule has 1 aromatic carbocycles. The molecule has 0 aromatic heterocycles. The molecule has 11 atom stereocenters. The number of para-hydroxylation sites is 1. The van der Waals surface area contributed by atoms with Crippen LogP contribution in [0.5, 0.6) is 5.75 Å². The van der Waals surface area contributed by atoms with Gasteiger partial charge in [0.1, 0.15) is 5.75 Å². The van der Waals surface area contributed by atoms with Gasteiger partial charge in [-0.05, 0) is 104 Å². The molecule has 11 unspecified atom stereocenters. The average Bonchev–Trinajstić information content (AvgIpc) is 3.44. The molecule has 5 fully saturated rings. The Morgan fingerprint density at radius 3 is 2.58 bits per heavy atom. The maximum Gasteiger partial charge on any atom is 0.328 e. The van der Waals surface area contributed by atoms with Crippen molar-refractivity contribution in [3.8, 4) is 5.75 Å². The van der Waals surface area contributed by atoms with Gasteiger partial charge < -0.3 is 24.4 Å². The van der Waals surface area contributed by atoms with E-state index in [0.717, 1.165) is 49.3 Å². The summed E-state index contributed by atoms with van der Waals surface area (Å²) >= 11 is 0. The van der Waals surface area contributed by atoms with Crippen LogP contribution in [0.1, 0.15) is 91.0 Å². The van der Waals surface area contributed by atoms with Crippen LogP contribution in [-0.2, 0) is 14.3 Å². The summed E-state index contributed by atoms with van der Waals surface area (Å²) < 4.78 is 18.4. The van der Waals surface area contributed by atoms with Gasteiger partial charge in [-0.25, -0.2) is 4.79 Å². The predicted octanol–water partition coefficient (Wildman–Crippen LogP) is 7.51. The summed E-state index contributed by atoms with van der Waals surface area (Å²) in [6.07, 6.45) is 16.2. The molecule has 6 heteroatoms. The van der Waals surface area contributed by atoms with Crippen LogP contribution in [0.15, 0.2) is 42.0 Å². The number of aliphatic hydroxyl groups excluding tert-OH is 1. The monoisotopic (exact) mass is 592 g/mol.